The van der Waals surface area contributed by atoms with Crippen LogP contribution in [0.3, 0.4) is 0 Å². The highest BCUT2D eigenvalue weighted by Gasteiger charge is 2.36. The minimum atomic E-state index is -3.65. The van der Waals surface area contributed by atoms with E-state index in [4.69, 9.17) is 0 Å². The second kappa shape index (κ2) is 6.13. The smallest absolute Gasteiger partial charge is 0.262 e. The molecule has 0 unspecified atom stereocenters. The molecule has 0 spiro atoms. The SMILES string of the molecule is Cc1ccc(C)c(S(=O)(=O)Nc2ccc3c(c2)CCN3C(=O)C2CC2)c1. The van der Waals surface area contributed by atoms with Crippen LogP contribution in [-0.4, -0.2) is 20.9 Å². The molecule has 6 heteroatoms. The normalized spacial score (nSPS) is 16.5. The highest BCUT2D eigenvalue weighted by atomic mass is 32.2. The number of nitrogens with zero attached hydrogens (tertiary/aromatic N) is 1. The lowest BCUT2D eigenvalue weighted by molar-refractivity contribution is -0.119. The Hall–Kier alpha value is -2.34. The third-order valence-corrected chi connectivity index (χ3v) is 6.58. The maximum atomic E-state index is 12.8. The fraction of sp³-hybridized carbons (Fsp3) is 0.350. The Balaban J connectivity index is 1.60. The van der Waals surface area contributed by atoms with Gasteiger partial charge in [-0.1, -0.05) is 12.1 Å². The Kier molecular flexibility index (Phi) is 4.03. The summed E-state index contributed by atoms with van der Waals surface area (Å²) in [5, 5.41) is 0. The number of carbonyl (C=O) groups excluding carboxylic acids is 1. The Morgan fingerprint density at radius 1 is 1.12 bits per heavy atom. The summed E-state index contributed by atoms with van der Waals surface area (Å²) in [6.07, 6.45) is 2.73. The van der Waals surface area contributed by atoms with Crippen LogP contribution in [-0.2, 0) is 21.2 Å². The van der Waals surface area contributed by atoms with Crippen LogP contribution in [0.1, 0.15) is 29.5 Å². The van der Waals surface area contributed by atoms with Gasteiger partial charge in [0.25, 0.3) is 10.0 Å². The zero-order valence-corrected chi connectivity index (χ0v) is 15.8. The van der Waals surface area contributed by atoms with Crippen LogP contribution in [0.4, 0.5) is 11.4 Å². The molecule has 1 saturated carbocycles. The first-order chi connectivity index (χ1) is 12.3. The summed E-state index contributed by atoms with van der Waals surface area (Å²) in [6, 6.07) is 10.8. The summed E-state index contributed by atoms with van der Waals surface area (Å²) in [7, 11) is -3.65. The van der Waals surface area contributed by atoms with E-state index in [1.807, 2.05) is 36.1 Å². The average Bonchev–Trinajstić information content (AvgIpc) is 3.36. The second-order valence-corrected chi connectivity index (χ2v) is 8.88. The van der Waals surface area contributed by atoms with Crippen LogP contribution >= 0.6 is 0 Å². The van der Waals surface area contributed by atoms with Crippen LogP contribution in [0.25, 0.3) is 0 Å². The summed E-state index contributed by atoms with van der Waals surface area (Å²) in [5.74, 6) is 0.385. The van der Waals surface area contributed by atoms with E-state index in [1.165, 1.54) is 0 Å². The Morgan fingerprint density at radius 2 is 1.88 bits per heavy atom. The van der Waals surface area contributed by atoms with E-state index in [0.29, 0.717) is 22.7 Å². The van der Waals surface area contributed by atoms with Gasteiger partial charge < -0.3 is 4.90 Å². The van der Waals surface area contributed by atoms with Gasteiger partial charge in [-0.05, 0) is 74.1 Å². The summed E-state index contributed by atoms with van der Waals surface area (Å²) in [5.41, 5.74) is 4.08. The maximum Gasteiger partial charge on any atom is 0.262 e. The van der Waals surface area contributed by atoms with Gasteiger partial charge in [0.15, 0.2) is 0 Å². The van der Waals surface area contributed by atoms with Gasteiger partial charge in [0.1, 0.15) is 0 Å². The summed E-state index contributed by atoms with van der Waals surface area (Å²) in [6.45, 7) is 4.34. The van der Waals surface area contributed by atoms with Gasteiger partial charge in [-0.3, -0.25) is 9.52 Å². The molecule has 2 aromatic rings. The molecule has 0 radical (unpaired) electrons. The van der Waals surface area contributed by atoms with E-state index < -0.39 is 10.0 Å². The number of nitrogens with one attached hydrogen (secondary N) is 1. The highest BCUT2D eigenvalue weighted by molar-refractivity contribution is 7.92. The number of benzene rings is 2. The number of rotatable bonds is 4. The molecule has 26 heavy (non-hydrogen) atoms. The van der Waals surface area contributed by atoms with Gasteiger partial charge in [0.2, 0.25) is 5.91 Å². The van der Waals surface area contributed by atoms with Gasteiger partial charge >= 0.3 is 0 Å². The minimum Gasteiger partial charge on any atom is -0.312 e. The first-order valence-electron chi connectivity index (χ1n) is 8.89. The van der Waals surface area contributed by atoms with Crippen LogP contribution in [0.2, 0.25) is 0 Å². The van der Waals surface area contributed by atoms with Crippen LogP contribution in [0.15, 0.2) is 41.3 Å². The number of carbonyl (C=O) groups is 1. The molecule has 1 aliphatic carbocycles. The Labute approximate surface area is 154 Å². The number of anilines is 2. The lowest BCUT2D eigenvalue weighted by Crippen LogP contribution is -2.30. The average molecular weight is 370 g/mol. The second-order valence-electron chi connectivity index (χ2n) is 7.23. The van der Waals surface area contributed by atoms with Crippen molar-refractivity contribution in [3.8, 4) is 0 Å². The van der Waals surface area contributed by atoms with Crippen molar-refractivity contribution in [2.24, 2.45) is 5.92 Å². The lowest BCUT2D eigenvalue weighted by Gasteiger charge is -2.17. The number of amides is 1. The predicted octanol–water partition coefficient (Wildman–Crippen LogP) is 3.40. The van der Waals surface area contributed by atoms with E-state index >= 15 is 0 Å². The minimum absolute atomic E-state index is 0.184. The molecule has 0 aromatic heterocycles. The first-order valence-corrected chi connectivity index (χ1v) is 10.4. The van der Waals surface area contributed by atoms with Crippen molar-refractivity contribution in [1.82, 2.24) is 0 Å². The van der Waals surface area contributed by atoms with Crippen LogP contribution in [0.5, 0.6) is 0 Å². The largest absolute Gasteiger partial charge is 0.312 e. The Bertz CT molecular complexity index is 994. The van der Waals surface area contributed by atoms with Gasteiger partial charge in [-0.15, -0.1) is 0 Å². The summed E-state index contributed by atoms with van der Waals surface area (Å²) < 4.78 is 28.2. The van der Waals surface area contributed by atoms with Crippen LogP contribution < -0.4 is 9.62 Å². The molecule has 0 saturated heterocycles. The van der Waals surface area contributed by atoms with E-state index in [2.05, 4.69) is 4.72 Å². The molecule has 1 amide bonds. The van der Waals surface area contributed by atoms with Crippen molar-refractivity contribution < 1.29 is 13.2 Å². The van der Waals surface area contributed by atoms with Gasteiger partial charge in [-0.25, -0.2) is 8.42 Å². The fourth-order valence-corrected chi connectivity index (χ4v) is 4.83. The standard InChI is InChI=1S/C20H22N2O3S/c1-13-3-4-14(2)19(11-13)26(24,25)21-17-7-8-18-16(12-17)9-10-22(18)20(23)15-5-6-15/h3-4,7-8,11-12,15,21H,5-6,9-10H2,1-2H3. The monoisotopic (exact) mass is 370 g/mol. The molecule has 136 valence electrons. The first kappa shape index (κ1) is 17.1. The molecule has 1 fully saturated rings. The number of hydrogen-bond donors (Lipinski definition) is 1. The molecule has 0 atom stereocenters. The zero-order chi connectivity index (χ0) is 18.5. The Morgan fingerprint density at radius 3 is 2.62 bits per heavy atom. The van der Waals surface area contributed by atoms with E-state index in [9.17, 15) is 13.2 Å². The lowest BCUT2D eigenvalue weighted by atomic mass is 10.1. The zero-order valence-electron chi connectivity index (χ0n) is 15.0. The molecule has 1 aliphatic heterocycles. The molecule has 5 nitrogen and oxygen atoms in total. The number of fused-ring (bicyclic) bond motifs is 1. The molecule has 1 heterocycles. The molecular formula is C20H22N2O3S. The molecule has 1 N–H and O–H groups in total. The molecule has 2 aliphatic rings. The number of hydrogen-bond acceptors (Lipinski definition) is 3. The fourth-order valence-electron chi connectivity index (χ4n) is 3.45. The molecular weight excluding hydrogens is 348 g/mol. The van der Waals surface area contributed by atoms with Gasteiger partial charge in [0.05, 0.1) is 4.90 Å². The summed E-state index contributed by atoms with van der Waals surface area (Å²) >= 11 is 0. The number of sulfonamides is 1. The summed E-state index contributed by atoms with van der Waals surface area (Å²) in [4.78, 5) is 14.5. The van der Waals surface area contributed by atoms with E-state index in [-0.39, 0.29) is 11.8 Å². The topological polar surface area (TPSA) is 66.5 Å². The molecule has 0 bridgehead atoms. The predicted molar refractivity (Wildman–Crippen MR) is 102 cm³/mol. The third-order valence-electron chi connectivity index (χ3n) is 5.05. The van der Waals surface area contributed by atoms with Gasteiger partial charge in [0, 0.05) is 23.8 Å². The van der Waals surface area contributed by atoms with Crippen molar-refractivity contribution in [3.05, 3.63) is 53.1 Å². The molecule has 4 rings (SSSR count). The van der Waals surface area contributed by atoms with Crippen molar-refractivity contribution >= 4 is 27.3 Å². The highest BCUT2D eigenvalue weighted by Crippen LogP contribution is 2.37. The quantitative estimate of drug-likeness (QED) is 0.897. The molecule has 2 aromatic carbocycles. The van der Waals surface area contributed by atoms with Crippen molar-refractivity contribution in [2.75, 3.05) is 16.2 Å². The van der Waals surface area contributed by atoms with Gasteiger partial charge in [-0.2, -0.15) is 0 Å². The van der Waals surface area contributed by atoms with Crippen molar-refractivity contribution in [2.45, 2.75) is 38.0 Å². The van der Waals surface area contributed by atoms with E-state index in [1.54, 1.807) is 19.1 Å². The third kappa shape index (κ3) is 3.09. The number of aryl methyl sites for hydroxylation is 2. The van der Waals surface area contributed by atoms with Crippen molar-refractivity contribution in [1.29, 1.82) is 0 Å². The van der Waals surface area contributed by atoms with E-state index in [0.717, 1.165) is 36.1 Å². The van der Waals surface area contributed by atoms with Crippen molar-refractivity contribution in [3.63, 3.8) is 0 Å². The van der Waals surface area contributed by atoms with Crippen LogP contribution in [0, 0.1) is 19.8 Å². The maximum absolute atomic E-state index is 12.8.